The second kappa shape index (κ2) is 6.22. The molecule has 0 atom stereocenters. The molecule has 0 heterocycles. The smallest absolute Gasteiger partial charge is 0.0655 e. The lowest BCUT2D eigenvalue weighted by molar-refractivity contribution is 0.734. The Morgan fingerprint density at radius 3 is 2.33 bits per heavy atom. The number of anilines is 1. The van der Waals surface area contributed by atoms with Gasteiger partial charge in [-0.3, -0.25) is 5.32 Å². The molecule has 94 valence electrons. The highest BCUT2D eigenvalue weighted by molar-refractivity contribution is 5.45. The van der Waals surface area contributed by atoms with Crippen molar-refractivity contribution >= 4 is 5.69 Å². The molecule has 0 radical (unpaired) electrons. The SMILES string of the molecule is Cc1cccc(CNCNc2cccc(C)c2)c1. The van der Waals surface area contributed by atoms with Crippen molar-refractivity contribution in [2.24, 2.45) is 0 Å². The molecular weight excluding hydrogens is 220 g/mol. The highest BCUT2D eigenvalue weighted by Crippen LogP contribution is 2.08. The lowest BCUT2D eigenvalue weighted by Crippen LogP contribution is -2.21. The average Bonchev–Trinajstić information content (AvgIpc) is 2.35. The van der Waals surface area contributed by atoms with Crippen LogP contribution in [-0.4, -0.2) is 6.67 Å². The normalized spacial score (nSPS) is 10.3. The van der Waals surface area contributed by atoms with Crippen LogP contribution in [0, 0.1) is 13.8 Å². The van der Waals surface area contributed by atoms with Crippen LogP contribution in [0.25, 0.3) is 0 Å². The van der Waals surface area contributed by atoms with E-state index in [-0.39, 0.29) is 0 Å². The van der Waals surface area contributed by atoms with Crippen molar-refractivity contribution in [2.75, 3.05) is 12.0 Å². The van der Waals surface area contributed by atoms with Gasteiger partial charge in [-0.15, -0.1) is 0 Å². The number of rotatable bonds is 5. The highest BCUT2D eigenvalue weighted by Gasteiger charge is 1.94. The molecule has 0 aliphatic heterocycles. The Balaban J connectivity index is 1.76. The van der Waals surface area contributed by atoms with E-state index in [0.29, 0.717) is 0 Å². The molecule has 2 heteroatoms. The first kappa shape index (κ1) is 12.7. The molecule has 0 aliphatic rings. The van der Waals surface area contributed by atoms with Gasteiger partial charge >= 0.3 is 0 Å². The first-order valence-electron chi connectivity index (χ1n) is 6.31. The van der Waals surface area contributed by atoms with Crippen LogP contribution in [-0.2, 0) is 6.54 Å². The van der Waals surface area contributed by atoms with Gasteiger partial charge in [0.05, 0.1) is 6.67 Å². The zero-order valence-corrected chi connectivity index (χ0v) is 11.0. The van der Waals surface area contributed by atoms with Crippen LogP contribution in [0.2, 0.25) is 0 Å². The molecule has 0 bridgehead atoms. The Bertz CT molecular complexity index is 458. The lowest BCUT2D eigenvalue weighted by atomic mass is 10.1. The fourth-order valence-corrected chi connectivity index (χ4v) is 1.95. The molecule has 0 spiro atoms. The van der Waals surface area contributed by atoms with Crippen molar-refractivity contribution in [3.05, 3.63) is 65.2 Å². The third-order valence-corrected chi connectivity index (χ3v) is 2.85. The van der Waals surface area contributed by atoms with E-state index in [4.69, 9.17) is 0 Å². The molecule has 0 aliphatic carbocycles. The van der Waals surface area contributed by atoms with E-state index in [1.165, 1.54) is 16.7 Å². The predicted octanol–water partition coefficient (Wildman–Crippen LogP) is 3.46. The molecule has 2 aromatic carbocycles. The highest BCUT2D eigenvalue weighted by atomic mass is 15.1. The first-order chi connectivity index (χ1) is 8.74. The maximum atomic E-state index is 3.39. The summed E-state index contributed by atoms with van der Waals surface area (Å²) in [6, 6.07) is 17.0. The standard InChI is InChI=1S/C16H20N2/c1-13-5-3-7-15(9-13)11-17-12-18-16-8-4-6-14(2)10-16/h3-10,17-18H,11-12H2,1-2H3. The molecule has 0 amide bonds. The molecule has 2 N–H and O–H groups in total. The van der Waals surface area contributed by atoms with E-state index in [1.807, 2.05) is 0 Å². The molecule has 0 saturated heterocycles. The number of benzene rings is 2. The van der Waals surface area contributed by atoms with E-state index in [0.717, 1.165) is 18.9 Å². The Hall–Kier alpha value is -1.80. The second-order valence-corrected chi connectivity index (χ2v) is 4.64. The molecule has 2 nitrogen and oxygen atoms in total. The van der Waals surface area contributed by atoms with Crippen LogP contribution in [0.5, 0.6) is 0 Å². The van der Waals surface area contributed by atoms with E-state index < -0.39 is 0 Å². The predicted molar refractivity (Wildman–Crippen MR) is 77.7 cm³/mol. The summed E-state index contributed by atoms with van der Waals surface area (Å²) in [4.78, 5) is 0. The fourth-order valence-electron chi connectivity index (χ4n) is 1.95. The van der Waals surface area contributed by atoms with Gasteiger partial charge in [-0.2, -0.15) is 0 Å². The summed E-state index contributed by atoms with van der Waals surface area (Å²) >= 11 is 0. The molecule has 2 aromatic rings. The fraction of sp³-hybridized carbons (Fsp3) is 0.250. The largest absolute Gasteiger partial charge is 0.372 e. The topological polar surface area (TPSA) is 24.1 Å². The van der Waals surface area contributed by atoms with Gasteiger partial charge in [0.25, 0.3) is 0 Å². The van der Waals surface area contributed by atoms with E-state index in [9.17, 15) is 0 Å². The zero-order valence-electron chi connectivity index (χ0n) is 11.0. The van der Waals surface area contributed by atoms with Crippen LogP contribution in [0.1, 0.15) is 16.7 Å². The van der Waals surface area contributed by atoms with E-state index in [1.54, 1.807) is 0 Å². The van der Waals surface area contributed by atoms with Crippen LogP contribution in [0.15, 0.2) is 48.5 Å². The summed E-state index contributed by atoms with van der Waals surface area (Å²) in [7, 11) is 0. The number of hydrogen-bond donors (Lipinski definition) is 2. The zero-order chi connectivity index (χ0) is 12.8. The maximum absolute atomic E-state index is 3.39. The summed E-state index contributed by atoms with van der Waals surface area (Å²) in [5, 5.41) is 6.74. The first-order valence-corrected chi connectivity index (χ1v) is 6.31. The van der Waals surface area contributed by atoms with E-state index >= 15 is 0 Å². The third-order valence-electron chi connectivity index (χ3n) is 2.85. The Morgan fingerprint density at radius 2 is 1.61 bits per heavy atom. The van der Waals surface area contributed by atoms with Crippen molar-refractivity contribution < 1.29 is 0 Å². The minimum absolute atomic E-state index is 0.775. The Labute approximate surface area is 109 Å². The van der Waals surface area contributed by atoms with Crippen molar-refractivity contribution in [3.63, 3.8) is 0 Å². The average molecular weight is 240 g/mol. The molecule has 2 rings (SSSR count). The summed E-state index contributed by atoms with van der Waals surface area (Å²) in [5.74, 6) is 0. The Morgan fingerprint density at radius 1 is 0.889 bits per heavy atom. The van der Waals surface area contributed by atoms with Gasteiger partial charge in [-0.25, -0.2) is 0 Å². The lowest BCUT2D eigenvalue weighted by Gasteiger charge is -2.09. The van der Waals surface area contributed by atoms with Gasteiger partial charge in [-0.1, -0.05) is 42.0 Å². The number of aryl methyl sites for hydroxylation is 2. The van der Waals surface area contributed by atoms with Crippen molar-refractivity contribution in [1.82, 2.24) is 5.32 Å². The summed E-state index contributed by atoms with van der Waals surface area (Å²) in [5.41, 5.74) is 5.06. The molecule has 18 heavy (non-hydrogen) atoms. The maximum Gasteiger partial charge on any atom is 0.0655 e. The van der Waals surface area contributed by atoms with Crippen molar-refractivity contribution in [2.45, 2.75) is 20.4 Å². The Kier molecular flexibility index (Phi) is 4.37. The van der Waals surface area contributed by atoms with Gasteiger partial charge in [0.15, 0.2) is 0 Å². The monoisotopic (exact) mass is 240 g/mol. The van der Waals surface area contributed by atoms with Gasteiger partial charge in [-0.05, 0) is 37.1 Å². The summed E-state index contributed by atoms with van der Waals surface area (Å²) in [6.07, 6.45) is 0. The number of nitrogens with one attached hydrogen (secondary N) is 2. The van der Waals surface area contributed by atoms with Gasteiger partial charge < -0.3 is 5.32 Å². The van der Waals surface area contributed by atoms with Crippen LogP contribution in [0.3, 0.4) is 0 Å². The quantitative estimate of drug-likeness (QED) is 0.618. The summed E-state index contributed by atoms with van der Waals surface area (Å²) in [6.45, 7) is 5.89. The number of hydrogen-bond acceptors (Lipinski definition) is 2. The van der Waals surface area contributed by atoms with Crippen LogP contribution < -0.4 is 10.6 Å². The van der Waals surface area contributed by atoms with Gasteiger partial charge in [0, 0.05) is 12.2 Å². The second-order valence-electron chi connectivity index (χ2n) is 4.64. The molecule has 0 saturated carbocycles. The minimum atomic E-state index is 0.775. The molecule has 0 aromatic heterocycles. The van der Waals surface area contributed by atoms with Crippen molar-refractivity contribution in [3.8, 4) is 0 Å². The molecular formula is C16H20N2. The molecule has 0 unspecified atom stereocenters. The van der Waals surface area contributed by atoms with Crippen LogP contribution in [0.4, 0.5) is 5.69 Å². The third kappa shape index (κ3) is 3.90. The van der Waals surface area contributed by atoms with Crippen LogP contribution >= 0.6 is 0 Å². The van der Waals surface area contributed by atoms with Gasteiger partial charge in [0.2, 0.25) is 0 Å². The molecule has 0 fully saturated rings. The summed E-state index contributed by atoms with van der Waals surface area (Å²) < 4.78 is 0. The van der Waals surface area contributed by atoms with E-state index in [2.05, 4.69) is 73.0 Å². The van der Waals surface area contributed by atoms with Gasteiger partial charge in [0.1, 0.15) is 0 Å². The minimum Gasteiger partial charge on any atom is -0.372 e. The van der Waals surface area contributed by atoms with Crippen molar-refractivity contribution in [1.29, 1.82) is 0 Å².